The number of pyridine rings is 1. The van der Waals surface area contributed by atoms with Crippen molar-refractivity contribution in [1.29, 1.82) is 0 Å². The van der Waals surface area contributed by atoms with Crippen molar-refractivity contribution >= 4 is 11.8 Å². The van der Waals surface area contributed by atoms with E-state index in [-0.39, 0.29) is 0 Å². The third kappa shape index (κ3) is 2.81. The maximum Gasteiger partial charge on any atom is 0.330 e. The Kier molecular flexibility index (Phi) is 3.35. The van der Waals surface area contributed by atoms with Crippen molar-refractivity contribution in [3.63, 3.8) is 0 Å². The number of carboxylic acid groups (broad SMARTS) is 1. The second kappa shape index (κ2) is 5.12. The van der Waals surface area contributed by atoms with Crippen LogP contribution >= 0.6 is 0 Å². The molecule has 0 radical (unpaired) electrons. The number of nitrogens with zero attached hydrogens (tertiary/aromatic N) is 1. The van der Waals surface area contributed by atoms with E-state index in [2.05, 4.69) is 10.3 Å². The zero-order valence-electron chi connectivity index (χ0n) is 9.08. The first-order chi connectivity index (χ1) is 8.27. The van der Waals surface area contributed by atoms with Crippen molar-refractivity contribution in [2.45, 2.75) is 6.04 Å². The summed E-state index contributed by atoms with van der Waals surface area (Å²) >= 11 is 0. The maximum absolute atomic E-state index is 11.2. The largest absolute Gasteiger partial charge is 0.479 e. The van der Waals surface area contributed by atoms with Crippen LogP contribution in [0.2, 0.25) is 0 Å². The number of hydrogen-bond donors (Lipinski definition) is 2. The minimum absolute atomic E-state index is 0.545. The predicted octanol–water partition coefficient (Wildman–Crippen LogP) is 2.32. The van der Waals surface area contributed by atoms with Crippen LogP contribution in [0.4, 0.5) is 5.82 Å². The molecule has 2 rings (SSSR count). The lowest BCUT2D eigenvalue weighted by Gasteiger charge is -2.15. The summed E-state index contributed by atoms with van der Waals surface area (Å²) in [7, 11) is 0. The fourth-order valence-electron chi connectivity index (χ4n) is 1.53. The van der Waals surface area contributed by atoms with Gasteiger partial charge in [0.15, 0.2) is 6.04 Å². The third-order valence-corrected chi connectivity index (χ3v) is 2.34. The van der Waals surface area contributed by atoms with Gasteiger partial charge in [-0.1, -0.05) is 36.4 Å². The molecule has 4 nitrogen and oxygen atoms in total. The predicted molar refractivity (Wildman–Crippen MR) is 64.7 cm³/mol. The first-order valence-corrected chi connectivity index (χ1v) is 5.22. The standard InChI is InChI=1S/C13H12N2O2/c16-13(17)12(10-6-2-1-3-7-10)15-11-8-4-5-9-14-11/h1-9,12H,(H,14,15)(H,16,17). The van der Waals surface area contributed by atoms with Crippen molar-refractivity contribution in [3.05, 3.63) is 60.3 Å². The molecule has 0 fully saturated rings. The number of aliphatic carboxylic acids is 1. The van der Waals surface area contributed by atoms with Crippen molar-refractivity contribution in [3.8, 4) is 0 Å². The van der Waals surface area contributed by atoms with E-state index in [1.807, 2.05) is 18.2 Å². The second-order valence-electron chi connectivity index (χ2n) is 3.54. The molecule has 1 aromatic heterocycles. The summed E-state index contributed by atoms with van der Waals surface area (Å²) in [5.74, 6) is -0.384. The Balaban J connectivity index is 2.23. The molecule has 0 amide bonds. The number of aromatic nitrogens is 1. The van der Waals surface area contributed by atoms with Gasteiger partial charge in [-0.2, -0.15) is 0 Å². The lowest BCUT2D eigenvalue weighted by molar-refractivity contribution is -0.138. The number of rotatable bonds is 4. The molecule has 2 N–H and O–H groups in total. The van der Waals surface area contributed by atoms with E-state index in [9.17, 15) is 9.90 Å². The lowest BCUT2D eigenvalue weighted by Crippen LogP contribution is -2.20. The van der Waals surface area contributed by atoms with Crippen LogP contribution in [0.1, 0.15) is 11.6 Å². The molecule has 1 unspecified atom stereocenters. The number of carbonyl (C=O) groups is 1. The fraction of sp³-hybridized carbons (Fsp3) is 0.0769. The average Bonchev–Trinajstić information content (AvgIpc) is 2.38. The number of benzene rings is 1. The Morgan fingerprint density at radius 1 is 1.12 bits per heavy atom. The highest BCUT2D eigenvalue weighted by Crippen LogP contribution is 2.17. The van der Waals surface area contributed by atoms with E-state index < -0.39 is 12.0 Å². The molecule has 0 aliphatic carbocycles. The molecular weight excluding hydrogens is 216 g/mol. The van der Waals surface area contributed by atoms with Crippen LogP contribution in [0, 0.1) is 0 Å². The summed E-state index contributed by atoms with van der Waals surface area (Å²) in [5.41, 5.74) is 0.700. The highest BCUT2D eigenvalue weighted by atomic mass is 16.4. The van der Waals surface area contributed by atoms with Gasteiger partial charge in [0.1, 0.15) is 5.82 Å². The van der Waals surface area contributed by atoms with E-state index in [1.54, 1.807) is 36.5 Å². The smallest absolute Gasteiger partial charge is 0.330 e. The Morgan fingerprint density at radius 2 is 1.82 bits per heavy atom. The summed E-state index contributed by atoms with van der Waals surface area (Å²) in [5, 5.41) is 12.1. The molecule has 1 aromatic carbocycles. The van der Waals surface area contributed by atoms with E-state index in [4.69, 9.17) is 0 Å². The quantitative estimate of drug-likeness (QED) is 0.843. The van der Waals surface area contributed by atoms with E-state index in [0.717, 1.165) is 0 Å². The molecule has 17 heavy (non-hydrogen) atoms. The molecule has 1 atom stereocenters. The maximum atomic E-state index is 11.2. The van der Waals surface area contributed by atoms with Crippen LogP contribution in [-0.4, -0.2) is 16.1 Å². The van der Waals surface area contributed by atoms with Gasteiger partial charge < -0.3 is 10.4 Å². The van der Waals surface area contributed by atoms with Gasteiger partial charge in [0.25, 0.3) is 0 Å². The van der Waals surface area contributed by atoms with Gasteiger partial charge in [0.05, 0.1) is 0 Å². The van der Waals surface area contributed by atoms with Gasteiger partial charge in [0, 0.05) is 6.20 Å². The van der Waals surface area contributed by atoms with Crippen molar-refractivity contribution in [2.24, 2.45) is 0 Å². The van der Waals surface area contributed by atoms with Gasteiger partial charge >= 0.3 is 5.97 Å². The molecule has 1 heterocycles. The minimum atomic E-state index is -0.929. The Hall–Kier alpha value is -2.36. The van der Waals surface area contributed by atoms with Crippen LogP contribution in [0.5, 0.6) is 0 Å². The topological polar surface area (TPSA) is 62.2 Å². The van der Waals surface area contributed by atoms with Crippen LogP contribution in [0.15, 0.2) is 54.7 Å². The zero-order chi connectivity index (χ0) is 12.1. The van der Waals surface area contributed by atoms with Crippen molar-refractivity contribution < 1.29 is 9.90 Å². The van der Waals surface area contributed by atoms with Crippen molar-refractivity contribution in [2.75, 3.05) is 5.32 Å². The Labute approximate surface area is 98.9 Å². The molecule has 0 saturated carbocycles. The molecule has 0 saturated heterocycles. The lowest BCUT2D eigenvalue weighted by atomic mass is 10.1. The van der Waals surface area contributed by atoms with Gasteiger partial charge in [-0.05, 0) is 17.7 Å². The monoisotopic (exact) mass is 228 g/mol. The number of hydrogen-bond acceptors (Lipinski definition) is 3. The molecule has 0 bridgehead atoms. The molecule has 86 valence electrons. The number of nitrogens with one attached hydrogen (secondary N) is 1. The average molecular weight is 228 g/mol. The molecular formula is C13H12N2O2. The summed E-state index contributed by atoms with van der Waals surface area (Å²) in [6, 6.07) is 13.6. The van der Waals surface area contributed by atoms with E-state index in [1.165, 1.54) is 0 Å². The molecule has 4 heteroatoms. The van der Waals surface area contributed by atoms with Crippen LogP contribution in [0.3, 0.4) is 0 Å². The van der Waals surface area contributed by atoms with Gasteiger partial charge in [0.2, 0.25) is 0 Å². The number of carboxylic acids is 1. The zero-order valence-corrected chi connectivity index (χ0v) is 9.08. The van der Waals surface area contributed by atoms with E-state index >= 15 is 0 Å². The molecule has 0 spiro atoms. The SMILES string of the molecule is O=C(O)C(Nc1ccccn1)c1ccccc1. The Morgan fingerprint density at radius 3 is 2.41 bits per heavy atom. The summed E-state index contributed by atoms with van der Waals surface area (Å²) in [6.07, 6.45) is 1.62. The summed E-state index contributed by atoms with van der Waals surface area (Å²) in [4.78, 5) is 15.3. The minimum Gasteiger partial charge on any atom is -0.479 e. The van der Waals surface area contributed by atoms with E-state index in [0.29, 0.717) is 11.4 Å². The highest BCUT2D eigenvalue weighted by Gasteiger charge is 2.19. The third-order valence-electron chi connectivity index (χ3n) is 2.34. The first-order valence-electron chi connectivity index (χ1n) is 5.22. The molecule has 2 aromatic rings. The van der Waals surface area contributed by atoms with Crippen LogP contribution < -0.4 is 5.32 Å². The van der Waals surface area contributed by atoms with Crippen molar-refractivity contribution in [1.82, 2.24) is 4.98 Å². The van der Waals surface area contributed by atoms with Crippen LogP contribution in [0.25, 0.3) is 0 Å². The normalized spacial score (nSPS) is 11.8. The highest BCUT2D eigenvalue weighted by molar-refractivity contribution is 5.78. The first kappa shape index (κ1) is 11.1. The van der Waals surface area contributed by atoms with Gasteiger partial charge in [-0.25, -0.2) is 9.78 Å². The Bertz CT molecular complexity index is 485. The summed E-state index contributed by atoms with van der Waals surface area (Å²) in [6.45, 7) is 0. The fourth-order valence-corrected chi connectivity index (χ4v) is 1.53. The second-order valence-corrected chi connectivity index (χ2v) is 3.54. The molecule has 0 aliphatic rings. The van der Waals surface area contributed by atoms with Gasteiger partial charge in [-0.3, -0.25) is 0 Å². The van der Waals surface area contributed by atoms with Crippen LogP contribution in [-0.2, 0) is 4.79 Å². The number of anilines is 1. The van der Waals surface area contributed by atoms with Gasteiger partial charge in [-0.15, -0.1) is 0 Å². The molecule has 0 aliphatic heterocycles. The summed E-state index contributed by atoms with van der Waals surface area (Å²) < 4.78 is 0.